The Balaban J connectivity index is 2.15. The first-order chi connectivity index (χ1) is 14.2. The van der Waals surface area contributed by atoms with E-state index in [0.29, 0.717) is 12.8 Å². The Hall–Kier alpha value is -0.643. The predicted molar refractivity (Wildman–Crippen MR) is 112 cm³/mol. The highest BCUT2D eigenvalue weighted by Crippen LogP contribution is 2.59. The minimum absolute atomic E-state index is 0.0527. The molecule has 0 bridgehead atoms. The Kier molecular flexibility index (Phi) is 6.68. The Labute approximate surface area is 184 Å². The van der Waals surface area contributed by atoms with Crippen LogP contribution < -0.4 is 0 Å². The molecule has 3 aliphatic rings. The molecular formula is C22H37F3O5Si. The summed E-state index contributed by atoms with van der Waals surface area (Å²) in [6.45, 7) is 11.8. The average molecular weight is 467 g/mol. The molecule has 2 aliphatic carbocycles. The lowest BCUT2D eigenvalue weighted by atomic mass is 9.65. The number of rotatable bonds is 4. The number of fused-ring (bicyclic) bond motifs is 1. The Morgan fingerprint density at radius 3 is 2.29 bits per heavy atom. The molecule has 0 aromatic carbocycles. The van der Waals surface area contributed by atoms with Crippen molar-refractivity contribution < 1.29 is 36.6 Å². The maximum absolute atomic E-state index is 14.7. The van der Waals surface area contributed by atoms with E-state index in [2.05, 4.69) is 0 Å². The van der Waals surface area contributed by atoms with E-state index in [1.165, 1.54) is 7.11 Å². The van der Waals surface area contributed by atoms with Crippen molar-refractivity contribution in [2.24, 2.45) is 23.2 Å². The van der Waals surface area contributed by atoms with Gasteiger partial charge in [0.15, 0.2) is 8.32 Å². The third-order valence-electron chi connectivity index (χ3n) is 7.17. The van der Waals surface area contributed by atoms with Crippen molar-refractivity contribution in [3.8, 4) is 0 Å². The molecule has 0 aromatic rings. The van der Waals surface area contributed by atoms with Gasteiger partial charge in [-0.1, -0.05) is 20.8 Å². The van der Waals surface area contributed by atoms with Crippen LogP contribution in [-0.2, 0) is 23.4 Å². The predicted octanol–water partition coefficient (Wildman–Crippen LogP) is 5.29. The molecule has 0 radical (unpaired) electrons. The molecule has 1 spiro atoms. The van der Waals surface area contributed by atoms with Crippen molar-refractivity contribution >= 4 is 14.3 Å². The van der Waals surface area contributed by atoms with Gasteiger partial charge in [0.1, 0.15) is 6.10 Å². The molecule has 0 unspecified atom stereocenters. The average Bonchev–Trinajstić information content (AvgIpc) is 2.59. The van der Waals surface area contributed by atoms with Gasteiger partial charge in [-0.25, -0.2) is 0 Å². The van der Waals surface area contributed by atoms with Gasteiger partial charge < -0.3 is 18.6 Å². The molecule has 9 heteroatoms. The summed E-state index contributed by atoms with van der Waals surface area (Å²) in [5.74, 6) is -2.53. The number of methoxy groups -OCH3 is 1. The van der Waals surface area contributed by atoms with Gasteiger partial charge in [0.05, 0.1) is 12.2 Å². The summed E-state index contributed by atoms with van der Waals surface area (Å²) in [6, 6.07) is 0. The summed E-state index contributed by atoms with van der Waals surface area (Å²) in [7, 11) is -1.01. The number of carbonyl (C=O) groups excluding carboxylic acids is 1. The Morgan fingerprint density at radius 2 is 1.77 bits per heavy atom. The van der Waals surface area contributed by atoms with E-state index in [1.807, 2.05) is 40.4 Å². The summed E-state index contributed by atoms with van der Waals surface area (Å²) < 4.78 is 67.9. The van der Waals surface area contributed by atoms with Crippen LogP contribution in [0.3, 0.4) is 0 Å². The van der Waals surface area contributed by atoms with E-state index in [1.54, 1.807) is 0 Å². The smallest absolute Gasteiger partial charge is 0.410 e. The lowest BCUT2D eigenvalue weighted by Crippen LogP contribution is -2.75. The van der Waals surface area contributed by atoms with E-state index in [-0.39, 0.29) is 24.2 Å². The van der Waals surface area contributed by atoms with Crippen molar-refractivity contribution in [2.45, 2.75) is 103 Å². The van der Waals surface area contributed by atoms with Crippen LogP contribution in [0, 0.1) is 23.2 Å². The topological polar surface area (TPSA) is 54.0 Å². The zero-order valence-corrected chi connectivity index (χ0v) is 20.7. The summed E-state index contributed by atoms with van der Waals surface area (Å²) in [5, 5.41) is 0. The molecule has 0 amide bonds. The van der Waals surface area contributed by atoms with Crippen LogP contribution >= 0.6 is 0 Å². The van der Waals surface area contributed by atoms with Crippen LogP contribution in [0.15, 0.2) is 0 Å². The molecule has 0 aromatic heterocycles. The molecule has 31 heavy (non-hydrogen) atoms. The van der Waals surface area contributed by atoms with E-state index in [4.69, 9.17) is 18.6 Å². The molecular weight excluding hydrogens is 429 g/mol. The van der Waals surface area contributed by atoms with Crippen LogP contribution in [0.25, 0.3) is 0 Å². The number of halogens is 3. The second-order valence-corrected chi connectivity index (χ2v) is 15.4. The quantitative estimate of drug-likeness (QED) is 0.416. The van der Waals surface area contributed by atoms with Crippen LogP contribution in [-0.4, -0.2) is 51.7 Å². The van der Waals surface area contributed by atoms with Gasteiger partial charge in [-0.05, 0) is 57.2 Å². The third-order valence-corrected chi connectivity index (χ3v) is 8.18. The molecule has 2 saturated carbocycles. The second kappa shape index (κ2) is 8.29. The molecule has 0 N–H and O–H groups in total. The summed E-state index contributed by atoms with van der Waals surface area (Å²) in [5.41, 5.74) is -2.89. The van der Waals surface area contributed by atoms with Crippen LogP contribution in [0.4, 0.5) is 13.2 Å². The molecule has 1 saturated heterocycles. The highest BCUT2D eigenvalue weighted by atomic mass is 28.4. The van der Waals surface area contributed by atoms with Gasteiger partial charge in [-0.2, -0.15) is 13.2 Å². The molecule has 1 aliphatic heterocycles. The number of hydrogen-bond donors (Lipinski definition) is 0. The summed E-state index contributed by atoms with van der Waals surface area (Å²) in [4.78, 5) is 13.5. The van der Waals surface area contributed by atoms with Crippen molar-refractivity contribution in [1.29, 1.82) is 0 Å². The standard InChI is InChI=1S/C22H37F3O5Si/c1-13(2)15-9-8-14(3)12-20(15)28-18-16(30-31(5,6)7)10-11-17(27-4)21(18,19(26)29-20)22(23,24)25/h13-18H,8-12H2,1-7H3/t14-,15+,16+,17-,18+,20+,21+/m1/s1. The minimum Gasteiger partial charge on any atom is -0.432 e. The first-order valence-electron chi connectivity index (χ1n) is 11.4. The normalized spacial score (nSPS) is 41.9. The third kappa shape index (κ3) is 4.20. The largest absolute Gasteiger partial charge is 0.432 e. The molecule has 3 fully saturated rings. The van der Waals surface area contributed by atoms with E-state index < -0.39 is 50.0 Å². The van der Waals surface area contributed by atoms with E-state index >= 15 is 0 Å². The zero-order valence-electron chi connectivity index (χ0n) is 19.7. The molecule has 5 nitrogen and oxygen atoms in total. The fourth-order valence-electron chi connectivity index (χ4n) is 5.92. The molecule has 7 atom stereocenters. The van der Waals surface area contributed by atoms with Gasteiger partial charge >= 0.3 is 12.1 Å². The number of carbonyl (C=O) groups is 1. The fourth-order valence-corrected chi connectivity index (χ4v) is 7.07. The Bertz CT molecular complexity index is 679. The van der Waals surface area contributed by atoms with Crippen LogP contribution in [0.2, 0.25) is 19.6 Å². The monoisotopic (exact) mass is 466 g/mol. The van der Waals surface area contributed by atoms with E-state index in [0.717, 1.165) is 12.8 Å². The number of esters is 1. The van der Waals surface area contributed by atoms with Crippen molar-refractivity contribution in [1.82, 2.24) is 0 Å². The molecule has 1 heterocycles. The van der Waals surface area contributed by atoms with Crippen molar-refractivity contribution in [2.75, 3.05) is 7.11 Å². The number of hydrogen-bond acceptors (Lipinski definition) is 5. The van der Waals surface area contributed by atoms with E-state index in [9.17, 15) is 18.0 Å². The lowest BCUT2D eigenvalue weighted by molar-refractivity contribution is -0.403. The van der Waals surface area contributed by atoms with Gasteiger partial charge in [0.25, 0.3) is 0 Å². The van der Waals surface area contributed by atoms with Gasteiger partial charge in [0.2, 0.25) is 11.2 Å². The van der Waals surface area contributed by atoms with Gasteiger partial charge in [-0.3, -0.25) is 4.79 Å². The van der Waals surface area contributed by atoms with Gasteiger partial charge in [-0.15, -0.1) is 0 Å². The maximum atomic E-state index is 14.7. The minimum atomic E-state index is -4.90. The fraction of sp³-hybridized carbons (Fsp3) is 0.955. The number of alkyl halides is 3. The first-order valence-corrected chi connectivity index (χ1v) is 14.8. The van der Waals surface area contributed by atoms with Crippen molar-refractivity contribution in [3.63, 3.8) is 0 Å². The SMILES string of the molecule is CO[C@@H]1CC[C@H](O[Si](C)(C)C)[C@@H]2O[C@@]3(C[C@H](C)CC[C@H]3C(C)C)OC(=O)[C@]12C(F)(F)F. The van der Waals surface area contributed by atoms with Gasteiger partial charge in [0, 0.05) is 19.4 Å². The van der Waals surface area contributed by atoms with Crippen molar-refractivity contribution in [3.05, 3.63) is 0 Å². The van der Waals surface area contributed by atoms with Crippen LogP contribution in [0.5, 0.6) is 0 Å². The second-order valence-electron chi connectivity index (χ2n) is 10.9. The highest BCUT2D eigenvalue weighted by molar-refractivity contribution is 6.69. The summed E-state index contributed by atoms with van der Waals surface area (Å²) >= 11 is 0. The number of ether oxygens (including phenoxy) is 3. The van der Waals surface area contributed by atoms with Crippen LogP contribution in [0.1, 0.15) is 52.9 Å². The molecule has 180 valence electrons. The highest BCUT2D eigenvalue weighted by Gasteiger charge is 2.78. The summed E-state index contributed by atoms with van der Waals surface area (Å²) in [6.07, 6.45) is -6.15. The first kappa shape index (κ1) is 25.0. The Morgan fingerprint density at radius 1 is 1.13 bits per heavy atom. The molecule has 3 rings (SSSR count). The maximum Gasteiger partial charge on any atom is 0.410 e. The lowest BCUT2D eigenvalue weighted by Gasteiger charge is -2.59. The zero-order chi connectivity index (χ0) is 23.4.